The van der Waals surface area contributed by atoms with Gasteiger partial charge in [-0.2, -0.15) is 4.39 Å². The van der Waals surface area contributed by atoms with E-state index in [9.17, 15) is 9.50 Å². The van der Waals surface area contributed by atoms with Crippen LogP contribution in [0.15, 0.2) is 79.0 Å². The Bertz CT molecular complexity index is 1440. The average molecular weight is 542 g/mol. The average Bonchev–Trinajstić information content (AvgIpc) is 3.67. The number of aromatic nitrogens is 3. The molecule has 2 aromatic heterocycles. The summed E-state index contributed by atoms with van der Waals surface area (Å²) in [5.74, 6) is 0.0293. The van der Waals surface area contributed by atoms with Crippen LogP contribution >= 0.6 is 0 Å². The lowest BCUT2D eigenvalue weighted by Gasteiger charge is -2.18. The van der Waals surface area contributed by atoms with Crippen molar-refractivity contribution in [1.29, 1.82) is 0 Å². The first-order chi connectivity index (χ1) is 19.6. The fraction of sp³-hybridized carbons (Fsp3) is 0.312. The number of halogens is 1. The molecule has 3 N–H and O–H groups in total. The number of likely N-dealkylation sites (tertiary alicyclic amines) is 1. The van der Waals surface area contributed by atoms with Gasteiger partial charge >= 0.3 is 0 Å². The predicted octanol–water partition coefficient (Wildman–Crippen LogP) is 5.40. The monoisotopic (exact) mass is 541 g/mol. The van der Waals surface area contributed by atoms with Gasteiger partial charge in [0.2, 0.25) is 11.8 Å². The van der Waals surface area contributed by atoms with Crippen molar-refractivity contribution in [3.05, 3.63) is 102 Å². The van der Waals surface area contributed by atoms with Crippen molar-refractivity contribution in [3.8, 4) is 5.88 Å². The number of aromatic amines is 1. The van der Waals surface area contributed by atoms with Gasteiger partial charge in [0.15, 0.2) is 0 Å². The lowest BCUT2D eigenvalue weighted by atomic mass is 9.88. The normalized spacial score (nSPS) is 15.6. The Hall–Kier alpha value is -3.85. The third kappa shape index (κ3) is 6.65. The van der Waals surface area contributed by atoms with Gasteiger partial charge in [-0.25, -0.2) is 4.98 Å². The van der Waals surface area contributed by atoms with E-state index in [0.29, 0.717) is 36.5 Å². The van der Waals surface area contributed by atoms with Crippen LogP contribution in [0.4, 0.5) is 4.39 Å². The zero-order valence-electron chi connectivity index (χ0n) is 22.8. The molecule has 5 rings (SSSR count). The molecule has 40 heavy (non-hydrogen) atoms. The molecule has 0 bridgehead atoms. The number of aliphatic hydroxyl groups is 1. The summed E-state index contributed by atoms with van der Waals surface area (Å²) in [6, 6.07) is 19.8. The Morgan fingerprint density at radius 1 is 1.10 bits per heavy atom. The van der Waals surface area contributed by atoms with E-state index in [1.54, 1.807) is 0 Å². The molecule has 7 nitrogen and oxygen atoms in total. The number of nitrogens with zero attached hydrogens (tertiary/aromatic N) is 3. The van der Waals surface area contributed by atoms with Crippen LogP contribution in [-0.2, 0) is 0 Å². The Kier molecular flexibility index (Phi) is 9.34. The van der Waals surface area contributed by atoms with Gasteiger partial charge in [-0.15, -0.1) is 5.10 Å². The summed E-state index contributed by atoms with van der Waals surface area (Å²) in [6.07, 6.45) is 8.20. The number of aliphatic hydroxyl groups excluding tert-OH is 1. The number of hydrogen-bond donors (Lipinski definition) is 3. The van der Waals surface area contributed by atoms with E-state index in [-0.39, 0.29) is 0 Å². The molecule has 1 aliphatic heterocycles. The molecule has 1 unspecified atom stereocenters. The van der Waals surface area contributed by atoms with Crippen molar-refractivity contribution < 1.29 is 14.2 Å². The Balaban J connectivity index is 1.27. The summed E-state index contributed by atoms with van der Waals surface area (Å²) in [7, 11) is 0. The van der Waals surface area contributed by atoms with Crippen LogP contribution in [-0.4, -0.2) is 64.2 Å². The van der Waals surface area contributed by atoms with Gasteiger partial charge in [-0.05, 0) is 65.8 Å². The third-order valence-electron chi connectivity index (χ3n) is 7.22. The first kappa shape index (κ1) is 27.7. The van der Waals surface area contributed by atoms with Crippen LogP contribution in [0.1, 0.15) is 42.9 Å². The zero-order valence-corrected chi connectivity index (χ0v) is 22.8. The molecule has 2 aromatic carbocycles. The quantitative estimate of drug-likeness (QED) is 0.126. The highest BCUT2D eigenvalue weighted by atomic mass is 19.1. The van der Waals surface area contributed by atoms with Crippen LogP contribution in [0.2, 0.25) is 0 Å². The second-order valence-corrected chi connectivity index (χ2v) is 9.87. The number of benzene rings is 2. The lowest BCUT2D eigenvalue weighted by Crippen LogP contribution is -2.31. The first-order valence-corrected chi connectivity index (χ1v) is 14.0. The van der Waals surface area contributed by atoms with Gasteiger partial charge in [-0.3, -0.25) is 10.00 Å². The maximum Gasteiger partial charge on any atom is 0.240 e. The van der Waals surface area contributed by atoms with Crippen molar-refractivity contribution in [2.75, 3.05) is 32.8 Å². The fourth-order valence-corrected chi connectivity index (χ4v) is 5.16. The molecule has 1 fully saturated rings. The molecule has 1 atom stereocenters. The van der Waals surface area contributed by atoms with Crippen LogP contribution in [0.25, 0.3) is 22.0 Å². The maximum atomic E-state index is 14.4. The zero-order chi connectivity index (χ0) is 27.7. The highest BCUT2D eigenvalue weighted by molar-refractivity contribution is 6.00. The molecule has 0 spiro atoms. The van der Waals surface area contributed by atoms with E-state index in [1.165, 1.54) is 0 Å². The van der Waals surface area contributed by atoms with Crippen LogP contribution in [0, 0.1) is 5.95 Å². The maximum absolute atomic E-state index is 14.4. The van der Waals surface area contributed by atoms with Crippen LogP contribution < -0.4 is 10.1 Å². The van der Waals surface area contributed by atoms with E-state index in [1.807, 2.05) is 66.9 Å². The van der Waals surface area contributed by atoms with Crippen molar-refractivity contribution in [2.24, 2.45) is 0 Å². The molecule has 0 aliphatic carbocycles. The van der Waals surface area contributed by atoms with Gasteiger partial charge in [0.1, 0.15) is 12.8 Å². The van der Waals surface area contributed by atoms with Crippen molar-refractivity contribution >= 4 is 22.0 Å². The predicted molar refractivity (Wildman–Crippen MR) is 157 cm³/mol. The highest BCUT2D eigenvalue weighted by Crippen LogP contribution is 2.35. The first-order valence-electron chi connectivity index (χ1n) is 14.0. The number of fused-ring (bicyclic) bond motifs is 1. The van der Waals surface area contributed by atoms with Crippen molar-refractivity contribution in [1.82, 2.24) is 25.4 Å². The minimum atomic E-state index is -0.511. The fourth-order valence-electron chi connectivity index (χ4n) is 5.16. The molecular weight excluding hydrogens is 505 g/mol. The number of ether oxygens (including phenoxy) is 1. The minimum absolute atomic E-state index is 0.458. The number of hydrogen-bond acceptors (Lipinski definition) is 6. The number of rotatable bonds is 12. The molecule has 0 amide bonds. The van der Waals surface area contributed by atoms with E-state index >= 15 is 0 Å². The topological polar surface area (TPSA) is 86.3 Å². The molecule has 208 valence electrons. The highest BCUT2D eigenvalue weighted by Gasteiger charge is 2.17. The molecular formula is C32H36FN5O2. The second kappa shape index (κ2) is 13.5. The summed E-state index contributed by atoms with van der Waals surface area (Å²) in [4.78, 5) is 6.65. The van der Waals surface area contributed by atoms with Crippen molar-refractivity contribution in [3.63, 3.8) is 0 Å². The molecule has 3 heterocycles. The summed E-state index contributed by atoms with van der Waals surface area (Å²) < 4.78 is 20.2. The van der Waals surface area contributed by atoms with Gasteiger partial charge in [0.25, 0.3) is 0 Å². The van der Waals surface area contributed by atoms with Gasteiger partial charge in [0.05, 0.1) is 10.9 Å². The van der Waals surface area contributed by atoms with Crippen LogP contribution in [0.5, 0.6) is 5.88 Å². The number of H-pyrrole nitrogens is 1. The van der Waals surface area contributed by atoms with E-state index in [0.717, 1.165) is 60.2 Å². The Labute approximate surface area is 234 Å². The van der Waals surface area contributed by atoms with E-state index in [2.05, 4.69) is 44.5 Å². The largest absolute Gasteiger partial charge is 0.476 e. The van der Waals surface area contributed by atoms with E-state index in [4.69, 9.17) is 4.74 Å². The Morgan fingerprint density at radius 3 is 2.65 bits per heavy atom. The molecule has 0 saturated carbocycles. The number of pyridine rings is 1. The lowest BCUT2D eigenvalue weighted by molar-refractivity contribution is 0.0611. The summed E-state index contributed by atoms with van der Waals surface area (Å²) in [5, 5.41) is 20.4. The minimum Gasteiger partial charge on any atom is -0.476 e. The second-order valence-electron chi connectivity index (χ2n) is 9.87. The SMILES string of the molecule is CC/C(=C(/c1ccc(OCCNC/C=C/C(O)N2CCCC2)nc1)c1ccc2[nH]nc(F)c2c1)c1ccccc1. The molecule has 0 radical (unpaired) electrons. The van der Waals surface area contributed by atoms with Crippen LogP contribution in [0.3, 0.4) is 0 Å². The van der Waals surface area contributed by atoms with Gasteiger partial charge in [0, 0.05) is 44.0 Å². The smallest absolute Gasteiger partial charge is 0.240 e. The molecule has 8 heteroatoms. The third-order valence-corrected chi connectivity index (χ3v) is 7.22. The standard InChI is InChI=1S/C32H36FN5O2/c1-2-26(23-9-4-3-5-10-23)31(24-12-14-28-27(21-24)32(33)37-36-28)25-13-15-29(35-22-25)40-20-17-34-16-8-11-30(39)38-18-6-7-19-38/h3-5,8-15,21-22,30,34,39H,2,6-7,16-20H2,1H3,(H,36,37)/b11-8+,31-26-. The molecule has 4 aromatic rings. The van der Waals surface area contributed by atoms with E-state index < -0.39 is 12.2 Å². The van der Waals surface area contributed by atoms with Gasteiger partial charge in [-0.1, -0.05) is 49.4 Å². The summed E-state index contributed by atoms with van der Waals surface area (Å²) >= 11 is 0. The summed E-state index contributed by atoms with van der Waals surface area (Å²) in [5.41, 5.74) is 5.74. The van der Waals surface area contributed by atoms with Crippen molar-refractivity contribution in [2.45, 2.75) is 32.4 Å². The van der Waals surface area contributed by atoms with Gasteiger partial charge < -0.3 is 15.2 Å². The number of allylic oxidation sites excluding steroid dienone is 1. The Morgan fingerprint density at radius 2 is 1.90 bits per heavy atom. The molecule has 1 aliphatic rings. The summed E-state index contributed by atoms with van der Waals surface area (Å²) in [6.45, 7) is 5.83. The molecule has 1 saturated heterocycles. The number of nitrogens with one attached hydrogen (secondary N) is 2.